The summed E-state index contributed by atoms with van der Waals surface area (Å²) in [5.74, 6) is 0. The van der Waals surface area contributed by atoms with Gasteiger partial charge in [0.25, 0.3) is 0 Å². The van der Waals surface area contributed by atoms with Crippen LogP contribution in [0.5, 0.6) is 0 Å². The largest absolute Gasteiger partial charge is 0.493 e. The summed E-state index contributed by atoms with van der Waals surface area (Å²) in [5, 5.41) is 25.8. The van der Waals surface area contributed by atoms with E-state index in [-0.39, 0.29) is 6.61 Å². The third-order valence-corrected chi connectivity index (χ3v) is 1.07. The SMILES string of the molecule is C=CO[C@@H](CO)C(O)CO. The van der Waals surface area contributed by atoms with Gasteiger partial charge in [-0.3, -0.25) is 0 Å². The van der Waals surface area contributed by atoms with E-state index in [0.717, 1.165) is 6.26 Å². The molecule has 0 aliphatic heterocycles. The topological polar surface area (TPSA) is 69.9 Å². The zero-order valence-corrected chi connectivity index (χ0v) is 5.60. The molecular formula is C6H12O4. The van der Waals surface area contributed by atoms with E-state index < -0.39 is 18.8 Å². The van der Waals surface area contributed by atoms with Gasteiger partial charge in [0, 0.05) is 0 Å². The highest BCUT2D eigenvalue weighted by atomic mass is 16.5. The second-order valence-electron chi connectivity index (χ2n) is 1.77. The summed E-state index contributed by atoms with van der Waals surface area (Å²) >= 11 is 0. The molecule has 0 spiro atoms. The molecule has 0 aliphatic rings. The molecule has 0 saturated heterocycles. The molecular weight excluding hydrogens is 136 g/mol. The van der Waals surface area contributed by atoms with E-state index in [1.807, 2.05) is 0 Å². The van der Waals surface area contributed by atoms with Crippen molar-refractivity contribution < 1.29 is 20.1 Å². The number of aliphatic hydroxyl groups is 3. The van der Waals surface area contributed by atoms with Crippen molar-refractivity contribution in [1.82, 2.24) is 0 Å². The fourth-order valence-electron chi connectivity index (χ4n) is 0.497. The molecule has 2 atom stereocenters. The molecule has 3 N–H and O–H groups in total. The van der Waals surface area contributed by atoms with Gasteiger partial charge >= 0.3 is 0 Å². The monoisotopic (exact) mass is 148 g/mol. The van der Waals surface area contributed by atoms with E-state index in [2.05, 4.69) is 11.3 Å². The first-order valence-corrected chi connectivity index (χ1v) is 2.92. The van der Waals surface area contributed by atoms with Crippen molar-refractivity contribution in [3.63, 3.8) is 0 Å². The number of ether oxygens (including phenoxy) is 1. The minimum atomic E-state index is -1.05. The predicted molar refractivity (Wildman–Crippen MR) is 35.2 cm³/mol. The van der Waals surface area contributed by atoms with Gasteiger partial charge in [0.15, 0.2) is 0 Å². The zero-order chi connectivity index (χ0) is 7.98. The Bertz CT molecular complexity index is 93.7. The molecule has 0 fully saturated rings. The van der Waals surface area contributed by atoms with Gasteiger partial charge in [-0.05, 0) is 0 Å². The summed E-state index contributed by atoms with van der Waals surface area (Å²) in [6, 6.07) is 0. The van der Waals surface area contributed by atoms with Gasteiger partial charge in [-0.1, -0.05) is 6.58 Å². The average molecular weight is 148 g/mol. The quantitative estimate of drug-likeness (QED) is 0.431. The molecule has 4 nitrogen and oxygen atoms in total. The normalized spacial score (nSPS) is 15.9. The maximum absolute atomic E-state index is 8.87. The van der Waals surface area contributed by atoms with Crippen LogP contribution in [-0.2, 0) is 4.74 Å². The highest BCUT2D eigenvalue weighted by Crippen LogP contribution is 1.97. The van der Waals surface area contributed by atoms with Gasteiger partial charge in [-0.2, -0.15) is 0 Å². The summed E-state index contributed by atoms with van der Waals surface area (Å²) in [5.41, 5.74) is 0. The van der Waals surface area contributed by atoms with Crippen LogP contribution in [0, 0.1) is 0 Å². The molecule has 0 aromatic carbocycles. The zero-order valence-electron chi connectivity index (χ0n) is 5.60. The van der Waals surface area contributed by atoms with Crippen LogP contribution < -0.4 is 0 Å². The Labute approximate surface area is 59.4 Å². The van der Waals surface area contributed by atoms with Crippen molar-refractivity contribution in [2.75, 3.05) is 13.2 Å². The second-order valence-corrected chi connectivity index (χ2v) is 1.77. The van der Waals surface area contributed by atoms with E-state index in [9.17, 15) is 0 Å². The molecule has 0 aromatic heterocycles. The maximum Gasteiger partial charge on any atom is 0.149 e. The molecule has 0 rings (SSSR count). The Balaban J connectivity index is 3.67. The van der Waals surface area contributed by atoms with Gasteiger partial charge in [0.2, 0.25) is 0 Å². The summed E-state index contributed by atoms with van der Waals surface area (Å²) in [7, 11) is 0. The summed E-state index contributed by atoms with van der Waals surface area (Å²) in [6.45, 7) is 2.47. The van der Waals surface area contributed by atoms with Crippen molar-refractivity contribution in [3.05, 3.63) is 12.8 Å². The number of aliphatic hydroxyl groups excluding tert-OH is 3. The van der Waals surface area contributed by atoms with Gasteiger partial charge in [-0.15, -0.1) is 0 Å². The lowest BCUT2D eigenvalue weighted by Gasteiger charge is -2.17. The van der Waals surface area contributed by atoms with Crippen LogP contribution in [0.1, 0.15) is 0 Å². The highest BCUT2D eigenvalue weighted by molar-refractivity contribution is 4.69. The summed E-state index contributed by atoms with van der Waals surface area (Å²) < 4.78 is 4.65. The maximum atomic E-state index is 8.87. The van der Waals surface area contributed by atoms with E-state index >= 15 is 0 Å². The van der Waals surface area contributed by atoms with Crippen molar-refractivity contribution in [2.24, 2.45) is 0 Å². The minimum Gasteiger partial charge on any atom is -0.493 e. The minimum absolute atomic E-state index is 0.340. The van der Waals surface area contributed by atoms with Crippen molar-refractivity contribution >= 4 is 0 Å². The Hall–Kier alpha value is -0.580. The lowest BCUT2D eigenvalue weighted by Crippen LogP contribution is -2.33. The third kappa shape index (κ3) is 2.82. The molecule has 1 unspecified atom stereocenters. The molecule has 10 heavy (non-hydrogen) atoms. The Morgan fingerprint density at radius 2 is 2.00 bits per heavy atom. The molecule has 0 amide bonds. The molecule has 0 radical (unpaired) electrons. The first-order chi connectivity index (χ1) is 4.76. The Kier molecular flexibility index (Phi) is 4.92. The second kappa shape index (κ2) is 5.22. The van der Waals surface area contributed by atoms with Crippen LogP contribution in [0.2, 0.25) is 0 Å². The summed E-state index contributed by atoms with van der Waals surface area (Å²) in [6.07, 6.45) is -0.717. The van der Waals surface area contributed by atoms with Gasteiger partial charge in [-0.25, -0.2) is 0 Å². The van der Waals surface area contributed by atoms with Crippen molar-refractivity contribution in [1.29, 1.82) is 0 Å². The predicted octanol–water partition coefficient (Wildman–Crippen LogP) is -1.14. The van der Waals surface area contributed by atoms with Crippen LogP contribution in [0.15, 0.2) is 12.8 Å². The van der Waals surface area contributed by atoms with Crippen LogP contribution in [-0.4, -0.2) is 40.7 Å². The van der Waals surface area contributed by atoms with Crippen LogP contribution in [0.25, 0.3) is 0 Å². The van der Waals surface area contributed by atoms with Gasteiger partial charge in [0.1, 0.15) is 12.2 Å². The molecule has 0 saturated carbocycles. The van der Waals surface area contributed by atoms with Crippen molar-refractivity contribution in [2.45, 2.75) is 12.2 Å². The number of rotatable bonds is 5. The standard InChI is InChI=1S/C6H12O4/c1-2-10-6(4-8)5(9)3-7/h2,5-9H,1,3-4H2/t5?,6-/m0/s1. The number of hydrogen-bond donors (Lipinski definition) is 3. The van der Waals surface area contributed by atoms with Gasteiger partial charge < -0.3 is 20.1 Å². The van der Waals surface area contributed by atoms with E-state index in [1.165, 1.54) is 0 Å². The Morgan fingerprint density at radius 3 is 2.30 bits per heavy atom. The van der Waals surface area contributed by atoms with E-state index in [1.54, 1.807) is 0 Å². The van der Waals surface area contributed by atoms with E-state index in [4.69, 9.17) is 15.3 Å². The van der Waals surface area contributed by atoms with Crippen LogP contribution in [0.4, 0.5) is 0 Å². The molecule has 4 heteroatoms. The Morgan fingerprint density at radius 1 is 1.40 bits per heavy atom. The first kappa shape index (κ1) is 9.42. The van der Waals surface area contributed by atoms with Crippen LogP contribution >= 0.6 is 0 Å². The fourth-order valence-corrected chi connectivity index (χ4v) is 0.497. The smallest absolute Gasteiger partial charge is 0.149 e. The summed E-state index contributed by atoms with van der Waals surface area (Å²) in [4.78, 5) is 0. The molecule has 0 aliphatic carbocycles. The molecule has 0 aromatic rings. The fraction of sp³-hybridized carbons (Fsp3) is 0.667. The lowest BCUT2D eigenvalue weighted by atomic mass is 10.2. The molecule has 0 bridgehead atoms. The third-order valence-electron chi connectivity index (χ3n) is 1.07. The highest BCUT2D eigenvalue weighted by Gasteiger charge is 2.16. The number of hydrogen-bond acceptors (Lipinski definition) is 4. The average Bonchev–Trinajstić information content (AvgIpc) is 1.99. The van der Waals surface area contributed by atoms with E-state index in [0.29, 0.717) is 0 Å². The van der Waals surface area contributed by atoms with Crippen LogP contribution in [0.3, 0.4) is 0 Å². The molecule has 0 heterocycles. The van der Waals surface area contributed by atoms with Gasteiger partial charge in [0.05, 0.1) is 19.5 Å². The first-order valence-electron chi connectivity index (χ1n) is 2.92. The van der Waals surface area contributed by atoms with Crippen molar-refractivity contribution in [3.8, 4) is 0 Å². The molecule has 60 valence electrons. The lowest BCUT2D eigenvalue weighted by molar-refractivity contribution is -0.0454.